The summed E-state index contributed by atoms with van der Waals surface area (Å²) in [6.07, 6.45) is -0.348. The zero-order valence-corrected chi connectivity index (χ0v) is 12.0. The molecule has 1 aromatic carbocycles. The predicted octanol–water partition coefficient (Wildman–Crippen LogP) is 1.89. The first kappa shape index (κ1) is 14.4. The molecule has 0 bridgehead atoms. The van der Waals surface area contributed by atoms with Gasteiger partial charge in [0.15, 0.2) is 6.29 Å². The predicted molar refractivity (Wildman–Crippen MR) is 73.3 cm³/mol. The van der Waals surface area contributed by atoms with Gasteiger partial charge in [-0.1, -0.05) is 12.1 Å². The zero-order valence-electron chi connectivity index (χ0n) is 12.0. The van der Waals surface area contributed by atoms with Gasteiger partial charge in [-0.3, -0.25) is 15.0 Å². The molecule has 2 fully saturated rings. The summed E-state index contributed by atoms with van der Waals surface area (Å²) in [7, 11) is 1.83. The minimum Gasteiger partial charge on any atom is -0.353 e. The van der Waals surface area contributed by atoms with Crippen LogP contribution >= 0.6 is 0 Å². The molecule has 2 heterocycles. The largest absolute Gasteiger partial charge is 0.353 e. The van der Waals surface area contributed by atoms with E-state index in [1.165, 1.54) is 6.07 Å². The highest BCUT2D eigenvalue weighted by Crippen LogP contribution is 2.40. The number of benzene rings is 1. The lowest BCUT2D eigenvalue weighted by atomic mass is 9.90. The lowest BCUT2D eigenvalue weighted by Gasteiger charge is -2.23. The second-order valence-corrected chi connectivity index (χ2v) is 5.39. The van der Waals surface area contributed by atoms with Crippen LogP contribution < -0.4 is 0 Å². The summed E-state index contributed by atoms with van der Waals surface area (Å²) in [6.45, 7) is 2.82. The van der Waals surface area contributed by atoms with Crippen LogP contribution in [0, 0.1) is 16.0 Å². The number of fused-ring (bicyclic) bond motifs is 1. The van der Waals surface area contributed by atoms with Gasteiger partial charge in [-0.15, -0.1) is 0 Å². The number of nitro groups is 1. The number of non-ortho nitro benzene ring substituents is 1. The third-order valence-electron chi connectivity index (χ3n) is 4.02. The van der Waals surface area contributed by atoms with Crippen molar-refractivity contribution in [2.24, 2.45) is 5.92 Å². The van der Waals surface area contributed by atoms with Crippen LogP contribution in [0.3, 0.4) is 0 Å². The Morgan fingerprint density at radius 2 is 2.10 bits per heavy atom. The van der Waals surface area contributed by atoms with Gasteiger partial charge in [0.05, 0.1) is 24.2 Å². The average Bonchev–Trinajstić information content (AvgIpc) is 2.68. The quantitative estimate of drug-likeness (QED) is 0.612. The van der Waals surface area contributed by atoms with Crippen molar-refractivity contribution in [2.75, 3.05) is 20.3 Å². The van der Waals surface area contributed by atoms with Crippen LogP contribution in [-0.4, -0.2) is 42.6 Å². The van der Waals surface area contributed by atoms with Crippen LogP contribution in [0.2, 0.25) is 0 Å². The third-order valence-corrected chi connectivity index (χ3v) is 4.02. The van der Waals surface area contributed by atoms with Crippen LogP contribution in [-0.2, 0) is 14.3 Å². The van der Waals surface area contributed by atoms with Gasteiger partial charge in [-0.25, -0.2) is 0 Å². The number of ether oxygens (including phenoxy) is 2. The minimum absolute atomic E-state index is 0.0798. The molecule has 7 heteroatoms. The molecule has 0 saturated carbocycles. The molecular weight excluding hydrogens is 276 g/mol. The van der Waals surface area contributed by atoms with Crippen molar-refractivity contribution in [3.8, 4) is 0 Å². The van der Waals surface area contributed by atoms with Gasteiger partial charge in [-0.05, 0) is 12.5 Å². The van der Waals surface area contributed by atoms with E-state index in [1.54, 1.807) is 17.2 Å². The van der Waals surface area contributed by atoms with Crippen molar-refractivity contribution >= 4 is 5.69 Å². The molecule has 0 spiro atoms. The van der Waals surface area contributed by atoms with Gasteiger partial charge >= 0.3 is 0 Å². The number of hydrogen-bond donors (Lipinski definition) is 0. The molecule has 2 aliphatic rings. The highest BCUT2D eigenvalue weighted by atomic mass is 16.7. The van der Waals surface area contributed by atoms with E-state index in [0.29, 0.717) is 13.2 Å². The molecule has 0 N–H and O–H groups in total. The fourth-order valence-electron chi connectivity index (χ4n) is 2.99. The highest BCUT2D eigenvalue weighted by Gasteiger charge is 2.44. The van der Waals surface area contributed by atoms with E-state index in [9.17, 15) is 10.1 Å². The summed E-state index contributed by atoms with van der Waals surface area (Å²) < 4.78 is 11.2. The molecule has 1 aromatic rings. The van der Waals surface area contributed by atoms with E-state index < -0.39 is 0 Å². The molecule has 0 amide bonds. The van der Waals surface area contributed by atoms with Gasteiger partial charge in [0.1, 0.15) is 6.10 Å². The molecule has 2 saturated heterocycles. The number of rotatable bonds is 2. The molecule has 0 aliphatic carbocycles. The molecule has 3 rings (SSSR count). The van der Waals surface area contributed by atoms with E-state index in [2.05, 4.69) is 0 Å². The first-order chi connectivity index (χ1) is 10.1. The Morgan fingerprint density at radius 3 is 2.86 bits per heavy atom. The topological polar surface area (TPSA) is 74.1 Å². The van der Waals surface area contributed by atoms with Crippen LogP contribution in [0.15, 0.2) is 24.3 Å². The smallest absolute Gasteiger partial charge is 0.269 e. The third kappa shape index (κ3) is 2.77. The van der Waals surface area contributed by atoms with Crippen molar-refractivity contribution in [2.45, 2.75) is 25.4 Å². The van der Waals surface area contributed by atoms with Crippen molar-refractivity contribution in [3.63, 3.8) is 0 Å². The maximum Gasteiger partial charge on any atom is 0.269 e. The molecule has 7 nitrogen and oxygen atoms in total. The average molecular weight is 294 g/mol. The van der Waals surface area contributed by atoms with Gasteiger partial charge in [0.2, 0.25) is 0 Å². The zero-order chi connectivity index (χ0) is 15.0. The second kappa shape index (κ2) is 5.69. The maximum absolute atomic E-state index is 10.9. The fraction of sp³-hybridized carbons (Fsp3) is 0.571. The number of hydroxylamine groups is 2. The van der Waals surface area contributed by atoms with E-state index in [1.807, 2.05) is 20.0 Å². The first-order valence-electron chi connectivity index (χ1n) is 6.93. The number of nitrogens with zero attached hydrogens (tertiary/aromatic N) is 2. The SMILES string of the molecule is C[C@H]1OC[C@@H]2[C@H](CO1)ON(C)[C@@H]2c1cccc([N+](=O)[O-])c1. The van der Waals surface area contributed by atoms with E-state index in [4.69, 9.17) is 14.3 Å². The Labute approximate surface area is 122 Å². The molecular formula is C14H18N2O5. The lowest BCUT2D eigenvalue weighted by molar-refractivity contribution is -0.385. The molecule has 0 radical (unpaired) electrons. The highest BCUT2D eigenvalue weighted by molar-refractivity contribution is 5.36. The summed E-state index contributed by atoms with van der Waals surface area (Å²) >= 11 is 0. The number of nitro benzene ring substituents is 1. The van der Waals surface area contributed by atoms with Gasteiger partial charge in [-0.2, -0.15) is 5.06 Å². The fourth-order valence-corrected chi connectivity index (χ4v) is 2.99. The maximum atomic E-state index is 10.9. The van der Waals surface area contributed by atoms with Crippen molar-refractivity contribution in [1.82, 2.24) is 5.06 Å². The molecule has 114 valence electrons. The summed E-state index contributed by atoms with van der Waals surface area (Å²) in [5, 5.41) is 12.7. The van der Waals surface area contributed by atoms with Crippen LogP contribution in [0.1, 0.15) is 18.5 Å². The summed E-state index contributed by atoms with van der Waals surface area (Å²) in [5.41, 5.74) is 0.945. The van der Waals surface area contributed by atoms with Crippen molar-refractivity contribution in [3.05, 3.63) is 39.9 Å². The molecule has 0 aromatic heterocycles. The lowest BCUT2D eigenvalue weighted by Crippen LogP contribution is -2.25. The summed E-state index contributed by atoms with van der Waals surface area (Å²) in [6, 6.07) is 6.59. The van der Waals surface area contributed by atoms with E-state index >= 15 is 0 Å². The Morgan fingerprint density at radius 1 is 1.33 bits per heavy atom. The molecule has 21 heavy (non-hydrogen) atoms. The van der Waals surface area contributed by atoms with Crippen molar-refractivity contribution < 1.29 is 19.2 Å². The molecule has 0 unspecified atom stereocenters. The molecule has 4 atom stereocenters. The Bertz CT molecular complexity index is 538. The molecule has 2 aliphatic heterocycles. The van der Waals surface area contributed by atoms with Crippen LogP contribution in [0.4, 0.5) is 5.69 Å². The Balaban J connectivity index is 1.89. The van der Waals surface area contributed by atoms with E-state index in [0.717, 1.165) is 5.56 Å². The van der Waals surface area contributed by atoms with Crippen LogP contribution in [0.25, 0.3) is 0 Å². The van der Waals surface area contributed by atoms with Gasteiger partial charge < -0.3 is 9.47 Å². The summed E-state index contributed by atoms with van der Waals surface area (Å²) in [4.78, 5) is 16.4. The van der Waals surface area contributed by atoms with Gasteiger partial charge in [0, 0.05) is 25.1 Å². The Kier molecular flexibility index (Phi) is 3.90. The standard InChI is InChI=1S/C14H18N2O5/c1-9-19-7-12-13(8-20-9)21-15(2)14(12)10-4-3-5-11(6-10)16(17)18/h3-6,9,12-14H,7-8H2,1-2H3/t9-,12+,13-,14+/m0/s1. The van der Waals surface area contributed by atoms with Gasteiger partial charge in [0.25, 0.3) is 5.69 Å². The first-order valence-corrected chi connectivity index (χ1v) is 6.93. The minimum atomic E-state index is -0.383. The van der Waals surface area contributed by atoms with E-state index in [-0.39, 0.29) is 35.0 Å². The Hall–Kier alpha value is -1.54. The number of hydrogen-bond acceptors (Lipinski definition) is 6. The second-order valence-electron chi connectivity index (χ2n) is 5.39. The monoisotopic (exact) mass is 294 g/mol. The van der Waals surface area contributed by atoms with Crippen LogP contribution in [0.5, 0.6) is 0 Å². The summed E-state index contributed by atoms with van der Waals surface area (Å²) in [5.74, 6) is 0.0851. The van der Waals surface area contributed by atoms with Crippen molar-refractivity contribution in [1.29, 1.82) is 0 Å². The normalized spacial score (nSPS) is 33.4.